The van der Waals surface area contributed by atoms with Gasteiger partial charge in [-0.15, -0.1) is 0 Å². The van der Waals surface area contributed by atoms with Crippen LogP contribution in [0.15, 0.2) is 48.5 Å². The Morgan fingerprint density at radius 1 is 1.18 bits per heavy atom. The third-order valence-electron chi connectivity index (χ3n) is 5.37. The molecule has 3 rings (SSSR count). The number of carbonyl (C=O) groups is 3. The first-order chi connectivity index (χ1) is 13.4. The van der Waals surface area contributed by atoms with Crippen LogP contribution >= 0.6 is 0 Å². The third-order valence-corrected chi connectivity index (χ3v) is 5.37. The Bertz CT molecular complexity index is 925. The van der Waals surface area contributed by atoms with E-state index in [1.54, 1.807) is 50.4 Å². The molecule has 0 radical (unpaired) electrons. The molecule has 28 heavy (non-hydrogen) atoms. The monoisotopic (exact) mass is 380 g/mol. The summed E-state index contributed by atoms with van der Waals surface area (Å²) >= 11 is 0. The molecule has 1 N–H and O–H groups in total. The van der Waals surface area contributed by atoms with Crippen LogP contribution in [0, 0.1) is 6.92 Å². The largest absolute Gasteiger partial charge is 0.496 e. The lowest BCUT2D eigenvalue weighted by atomic mass is 9.86. The minimum Gasteiger partial charge on any atom is -0.496 e. The zero-order chi connectivity index (χ0) is 20.5. The van der Waals surface area contributed by atoms with E-state index in [1.807, 2.05) is 26.0 Å². The lowest BCUT2D eigenvalue weighted by molar-refractivity contribution is -0.132. The van der Waals surface area contributed by atoms with Crippen molar-refractivity contribution < 1.29 is 19.1 Å². The molecule has 0 saturated carbocycles. The van der Waals surface area contributed by atoms with Crippen molar-refractivity contribution in [2.45, 2.75) is 38.8 Å². The fourth-order valence-electron chi connectivity index (χ4n) is 3.69. The molecule has 1 heterocycles. The Labute approximate surface area is 164 Å². The van der Waals surface area contributed by atoms with Crippen LogP contribution in [-0.2, 0) is 10.3 Å². The van der Waals surface area contributed by atoms with Crippen LogP contribution in [-0.4, -0.2) is 35.8 Å². The number of aryl methyl sites for hydroxylation is 1. The number of amides is 3. The Morgan fingerprint density at radius 2 is 1.86 bits per heavy atom. The molecule has 2 aromatic rings. The Kier molecular flexibility index (Phi) is 5.23. The van der Waals surface area contributed by atoms with Crippen molar-refractivity contribution in [2.24, 2.45) is 0 Å². The first-order valence-electron chi connectivity index (χ1n) is 9.26. The number of benzene rings is 2. The zero-order valence-corrected chi connectivity index (χ0v) is 16.5. The molecule has 2 aromatic carbocycles. The van der Waals surface area contributed by atoms with E-state index in [0.717, 1.165) is 10.5 Å². The highest BCUT2D eigenvalue weighted by atomic mass is 16.5. The number of nitrogens with one attached hydrogen (secondary N) is 1. The third kappa shape index (κ3) is 3.05. The Balaban J connectivity index is 1.97. The van der Waals surface area contributed by atoms with Crippen molar-refractivity contribution in [3.8, 4) is 5.75 Å². The number of methoxy groups -OCH3 is 1. The average molecular weight is 380 g/mol. The number of Topliss-reactive ketones (excluding diaryl/α,β-unsaturated/α-hetero) is 1. The van der Waals surface area contributed by atoms with Gasteiger partial charge < -0.3 is 10.1 Å². The second-order valence-electron chi connectivity index (χ2n) is 6.95. The maximum Gasteiger partial charge on any atom is 0.325 e. The Hall–Kier alpha value is -3.15. The number of nitrogens with zero attached hydrogens (tertiary/aromatic N) is 1. The number of ether oxygens (including phenoxy) is 1. The number of urea groups is 1. The van der Waals surface area contributed by atoms with Crippen molar-refractivity contribution in [1.82, 2.24) is 10.2 Å². The van der Waals surface area contributed by atoms with Gasteiger partial charge in [-0.1, -0.05) is 43.3 Å². The molecule has 1 aliphatic rings. The van der Waals surface area contributed by atoms with E-state index in [1.165, 1.54) is 0 Å². The quantitative estimate of drug-likeness (QED) is 0.615. The van der Waals surface area contributed by atoms with E-state index in [4.69, 9.17) is 4.74 Å². The SMILES string of the molecule is CCC1(c2ccc(OC)c(C)c2)NC(=O)N(C(C)C(=O)c2ccccc2)C1=O. The van der Waals surface area contributed by atoms with Gasteiger partial charge in [0.1, 0.15) is 17.3 Å². The topological polar surface area (TPSA) is 75.7 Å². The van der Waals surface area contributed by atoms with Crippen LogP contribution in [0.2, 0.25) is 0 Å². The first kappa shape index (κ1) is 19.6. The molecule has 0 aromatic heterocycles. The highest BCUT2D eigenvalue weighted by Crippen LogP contribution is 2.35. The minimum absolute atomic E-state index is 0.276. The molecule has 2 atom stereocenters. The van der Waals surface area contributed by atoms with Crippen molar-refractivity contribution in [2.75, 3.05) is 7.11 Å². The van der Waals surface area contributed by atoms with Gasteiger partial charge in [0.25, 0.3) is 5.91 Å². The number of rotatable bonds is 6. The summed E-state index contributed by atoms with van der Waals surface area (Å²) in [5.74, 6) is 0.0134. The maximum absolute atomic E-state index is 13.4. The number of hydrogen-bond acceptors (Lipinski definition) is 4. The average Bonchev–Trinajstić information content (AvgIpc) is 2.98. The summed E-state index contributed by atoms with van der Waals surface area (Å²) in [6, 6.07) is 12.6. The molecular formula is C22H24N2O4. The molecular weight excluding hydrogens is 356 g/mol. The van der Waals surface area contributed by atoms with Gasteiger partial charge in [0.2, 0.25) is 0 Å². The van der Waals surface area contributed by atoms with Crippen LogP contribution in [0.3, 0.4) is 0 Å². The molecule has 2 unspecified atom stereocenters. The van der Waals surface area contributed by atoms with Gasteiger partial charge >= 0.3 is 6.03 Å². The van der Waals surface area contributed by atoms with Gasteiger partial charge in [-0.2, -0.15) is 0 Å². The summed E-state index contributed by atoms with van der Waals surface area (Å²) in [7, 11) is 1.58. The lowest BCUT2D eigenvalue weighted by Gasteiger charge is -2.27. The number of imide groups is 1. The van der Waals surface area contributed by atoms with Gasteiger partial charge in [0.05, 0.1) is 7.11 Å². The van der Waals surface area contributed by atoms with Gasteiger partial charge in [0, 0.05) is 5.56 Å². The second kappa shape index (κ2) is 7.46. The van der Waals surface area contributed by atoms with Crippen LogP contribution in [0.1, 0.15) is 41.8 Å². The standard InChI is InChI=1S/C22H24N2O4/c1-5-22(17-11-12-18(28-4)14(2)13-17)20(26)24(21(27)23-22)15(3)19(25)16-9-7-6-8-10-16/h6-13,15H,5H2,1-4H3,(H,23,27). The van der Waals surface area contributed by atoms with Gasteiger partial charge in [0.15, 0.2) is 5.78 Å². The molecule has 0 bridgehead atoms. The normalized spacial score (nSPS) is 20.1. The summed E-state index contributed by atoms with van der Waals surface area (Å²) in [6.07, 6.45) is 0.367. The summed E-state index contributed by atoms with van der Waals surface area (Å²) in [4.78, 5) is 40.0. The van der Waals surface area contributed by atoms with E-state index in [2.05, 4.69) is 5.32 Å². The minimum atomic E-state index is -1.20. The number of hydrogen-bond donors (Lipinski definition) is 1. The van der Waals surface area contributed by atoms with Gasteiger partial charge in [-0.3, -0.25) is 14.5 Å². The van der Waals surface area contributed by atoms with Crippen LogP contribution in [0.25, 0.3) is 0 Å². The van der Waals surface area contributed by atoms with Crippen molar-refractivity contribution in [3.63, 3.8) is 0 Å². The summed E-state index contributed by atoms with van der Waals surface area (Å²) < 4.78 is 5.29. The molecule has 6 heteroatoms. The molecule has 0 spiro atoms. The molecule has 6 nitrogen and oxygen atoms in total. The predicted molar refractivity (Wildman–Crippen MR) is 105 cm³/mol. The van der Waals surface area contributed by atoms with E-state index >= 15 is 0 Å². The summed E-state index contributed by atoms with van der Waals surface area (Å²) in [6.45, 7) is 5.30. The fraction of sp³-hybridized carbons (Fsp3) is 0.318. The van der Waals surface area contributed by atoms with E-state index < -0.39 is 23.5 Å². The molecule has 3 amide bonds. The van der Waals surface area contributed by atoms with Gasteiger partial charge in [-0.05, 0) is 43.5 Å². The zero-order valence-electron chi connectivity index (χ0n) is 16.5. The molecule has 1 saturated heterocycles. The van der Waals surface area contributed by atoms with Crippen LogP contribution in [0.5, 0.6) is 5.75 Å². The predicted octanol–water partition coefficient (Wildman–Crippen LogP) is 3.43. The van der Waals surface area contributed by atoms with E-state index in [0.29, 0.717) is 23.3 Å². The molecule has 1 fully saturated rings. The first-order valence-corrected chi connectivity index (χ1v) is 9.26. The fourth-order valence-corrected chi connectivity index (χ4v) is 3.69. The maximum atomic E-state index is 13.4. The number of ketones is 1. The molecule has 146 valence electrons. The van der Waals surface area contributed by atoms with Crippen molar-refractivity contribution in [3.05, 3.63) is 65.2 Å². The van der Waals surface area contributed by atoms with E-state index in [9.17, 15) is 14.4 Å². The summed E-state index contributed by atoms with van der Waals surface area (Å²) in [5.41, 5.74) is 0.805. The van der Waals surface area contributed by atoms with Crippen LogP contribution in [0.4, 0.5) is 4.79 Å². The second-order valence-corrected chi connectivity index (χ2v) is 6.95. The van der Waals surface area contributed by atoms with Crippen molar-refractivity contribution >= 4 is 17.7 Å². The van der Waals surface area contributed by atoms with E-state index in [-0.39, 0.29) is 5.78 Å². The lowest BCUT2D eigenvalue weighted by Crippen LogP contribution is -2.46. The highest BCUT2D eigenvalue weighted by Gasteiger charge is 2.53. The number of carbonyl (C=O) groups excluding carboxylic acids is 3. The Morgan fingerprint density at radius 3 is 2.43 bits per heavy atom. The highest BCUT2D eigenvalue weighted by molar-refractivity contribution is 6.12. The smallest absolute Gasteiger partial charge is 0.325 e. The van der Waals surface area contributed by atoms with Gasteiger partial charge in [-0.25, -0.2) is 4.79 Å². The summed E-state index contributed by atoms with van der Waals surface area (Å²) in [5, 5.41) is 2.83. The molecule has 1 aliphatic heterocycles. The van der Waals surface area contributed by atoms with Crippen molar-refractivity contribution in [1.29, 1.82) is 0 Å². The van der Waals surface area contributed by atoms with Crippen LogP contribution < -0.4 is 10.1 Å². The molecule has 0 aliphatic carbocycles.